The second-order valence-electron chi connectivity index (χ2n) is 5.11. The molecule has 2 rings (SSSR count). The maximum absolute atomic E-state index is 12.3. The van der Waals surface area contributed by atoms with Crippen molar-refractivity contribution >= 4 is 11.8 Å². The minimum Gasteiger partial charge on any atom is -0.505 e. The van der Waals surface area contributed by atoms with Crippen LogP contribution in [0.15, 0.2) is 12.3 Å². The molecule has 4 N–H and O–H groups in total. The van der Waals surface area contributed by atoms with Crippen LogP contribution in [-0.4, -0.2) is 50.6 Å². The van der Waals surface area contributed by atoms with E-state index in [1.807, 2.05) is 0 Å². The summed E-state index contributed by atoms with van der Waals surface area (Å²) in [6.07, 6.45) is 2.15. The quantitative estimate of drug-likeness (QED) is 0.677. The molecular weight excluding hydrogens is 262 g/mol. The lowest BCUT2D eigenvalue weighted by molar-refractivity contribution is -0.140. The largest absolute Gasteiger partial charge is 0.505 e. The van der Waals surface area contributed by atoms with Gasteiger partial charge in [-0.05, 0) is 31.4 Å². The van der Waals surface area contributed by atoms with E-state index in [-0.39, 0.29) is 24.4 Å². The van der Waals surface area contributed by atoms with E-state index in [9.17, 15) is 19.8 Å². The Labute approximate surface area is 116 Å². The lowest BCUT2D eigenvalue weighted by Crippen LogP contribution is -2.57. The normalized spacial score (nSPS) is 22.6. The number of hydrogen-bond acceptors (Lipinski definition) is 5. The van der Waals surface area contributed by atoms with Crippen molar-refractivity contribution in [1.29, 1.82) is 0 Å². The van der Waals surface area contributed by atoms with Crippen molar-refractivity contribution in [3.63, 3.8) is 0 Å². The molecule has 0 aromatic carbocycles. The molecule has 1 fully saturated rings. The van der Waals surface area contributed by atoms with E-state index < -0.39 is 17.4 Å². The Morgan fingerprint density at radius 3 is 2.80 bits per heavy atom. The van der Waals surface area contributed by atoms with Gasteiger partial charge < -0.3 is 20.8 Å². The van der Waals surface area contributed by atoms with Gasteiger partial charge in [0.15, 0.2) is 11.3 Å². The van der Waals surface area contributed by atoms with E-state index in [2.05, 4.69) is 4.98 Å². The molecular formula is C13H17N3O4. The van der Waals surface area contributed by atoms with Gasteiger partial charge in [-0.25, -0.2) is 4.98 Å². The van der Waals surface area contributed by atoms with Crippen LogP contribution in [0.2, 0.25) is 0 Å². The smallest absolute Gasteiger partial charge is 0.276 e. The fourth-order valence-corrected chi connectivity index (χ4v) is 2.28. The second kappa shape index (κ2) is 5.09. The molecule has 1 aromatic heterocycles. The van der Waals surface area contributed by atoms with Crippen molar-refractivity contribution in [2.24, 2.45) is 5.73 Å². The van der Waals surface area contributed by atoms with Crippen LogP contribution in [0.25, 0.3) is 0 Å². The van der Waals surface area contributed by atoms with Crippen molar-refractivity contribution in [2.45, 2.75) is 25.4 Å². The maximum Gasteiger partial charge on any atom is 0.276 e. The van der Waals surface area contributed by atoms with Gasteiger partial charge in [0.2, 0.25) is 0 Å². The highest BCUT2D eigenvalue weighted by Crippen LogP contribution is 2.24. The van der Waals surface area contributed by atoms with E-state index in [4.69, 9.17) is 5.73 Å². The van der Waals surface area contributed by atoms with Crippen LogP contribution in [-0.2, 0) is 4.79 Å². The molecule has 2 heterocycles. The van der Waals surface area contributed by atoms with Gasteiger partial charge in [0.25, 0.3) is 11.8 Å². The molecule has 1 aromatic rings. The summed E-state index contributed by atoms with van der Waals surface area (Å²) in [7, 11) is 0. The minimum atomic E-state index is -1.71. The molecule has 1 saturated heterocycles. The summed E-state index contributed by atoms with van der Waals surface area (Å²) < 4.78 is 0. The average molecular weight is 279 g/mol. The van der Waals surface area contributed by atoms with E-state index >= 15 is 0 Å². The topological polar surface area (TPSA) is 117 Å². The number of aromatic nitrogens is 1. The molecule has 0 bridgehead atoms. The molecule has 20 heavy (non-hydrogen) atoms. The Bertz CT molecular complexity index is 561. The van der Waals surface area contributed by atoms with Crippen molar-refractivity contribution in [2.75, 3.05) is 13.1 Å². The molecule has 1 aliphatic heterocycles. The lowest BCUT2D eigenvalue weighted by Gasteiger charge is -2.36. The van der Waals surface area contributed by atoms with E-state index in [0.717, 1.165) is 5.56 Å². The first-order valence-corrected chi connectivity index (χ1v) is 6.31. The van der Waals surface area contributed by atoms with Crippen LogP contribution in [0.5, 0.6) is 5.75 Å². The van der Waals surface area contributed by atoms with Crippen molar-refractivity contribution in [1.82, 2.24) is 9.88 Å². The standard InChI is InChI=1S/C13H17N3O4/c1-8-5-9(17)10(15-6-8)11(18)16-4-2-3-13(20,7-16)12(14)19/h5-6,17,20H,2-4,7H2,1H3,(H2,14,19). The Morgan fingerprint density at radius 1 is 1.50 bits per heavy atom. The number of pyridine rings is 1. The van der Waals surface area contributed by atoms with Gasteiger partial charge in [-0.3, -0.25) is 9.59 Å². The number of carbonyl (C=O) groups excluding carboxylic acids is 2. The van der Waals surface area contributed by atoms with Gasteiger partial charge in [-0.1, -0.05) is 0 Å². The Morgan fingerprint density at radius 2 is 2.20 bits per heavy atom. The molecule has 0 aliphatic carbocycles. The van der Waals surface area contributed by atoms with Gasteiger partial charge in [-0.15, -0.1) is 0 Å². The molecule has 1 atom stereocenters. The lowest BCUT2D eigenvalue weighted by atomic mass is 9.92. The van der Waals surface area contributed by atoms with Gasteiger partial charge in [0, 0.05) is 12.7 Å². The number of aromatic hydroxyl groups is 1. The highest BCUT2D eigenvalue weighted by atomic mass is 16.3. The van der Waals surface area contributed by atoms with Crippen LogP contribution in [0.1, 0.15) is 28.9 Å². The van der Waals surface area contributed by atoms with Crippen LogP contribution < -0.4 is 5.73 Å². The van der Waals surface area contributed by atoms with Gasteiger partial charge in [-0.2, -0.15) is 0 Å². The first kappa shape index (κ1) is 14.3. The molecule has 0 saturated carbocycles. The number of nitrogens with zero attached hydrogens (tertiary/aromatic N) is 2. The zero-order chi connectivity index (χ0) is 14.9. The highest BCUT2D eigenvalue weighted by Gasteiger charge is 2.40. The number of aryl methyl sites for hydroxylation is 1. The molecule has 2 amide bonds. The third-order valence-corrected chi connectivity index (χ3v) is 3.42. The Hall–Kier alpha value is -2.15. The molecule has 0 spiro atoms. The third-order valence-electron chi connectivity index (χ3n) is 3.42. The summed E-state index contributed by atoms with van der Waals surface area (Å²) in [5, 5.41) is 19.8. The minimum absolute atomic E-state index is 0.0932. The number of rotatable bonds is 2. The summed E-state index contributed by atoms with van der Waals surface area (Å²) in [5.74, 6) is -1.60. The number of primary amides is 1. The summed E-state index contributed by atoms with van der Waals surface area (Å²) in [6.45, 7) is 1.94. The monoisotopic (exact) mass is 279 g/mol. The number of carbonyl (C=O) groups is 2. The van der Waals surface area contributed by atoms with Crippen LogP contribution >= 0.6 is 0 Å². The number of piperidine rings is 1. The van der Waals surface area contributed by atoms with Gasteiger partial charge in [0.05, 0.1) is 6.54 Å². The SMILES string of the molecule is Cc1cnc(C(=O)N2CCCC(O)(C(N)=O)C2)c(O)c1. The predicted octanol–water partition coefficient (Wildman–Crippen LogP) is -0.452. The molecule has 108 valence electrons. The molecule has 0 radical (unpaired) electrons. The first-order valence-electron chi connectivity index (χ1n) is 6.31. The number of β-amino-alcohol motifs (C(OH)–C–C–N with tert-alkyl or cyclic N) is 1. The van der Waals surface area contributed by atoms with Crippen molar-refractivity contribution < 1.29 is 19.8 Å². The van der Waals surface area contributed by atoms with E-state index in [1.54, 1.807) is 6.92 Å². The predicted molar refractivity (Wildman–Crippen MR) is 69.9 cm³/mol. The van der Waals surface area contributed by atoms with Crippen LogP contribution in [0.3, 0.4) is 0 Å². The number of amides is 2. The zero-order valence-electron chi connectivity index (χ0n) is 11.2. The first-order chi connectivity index (χ1) is 9.33. The fraction of sp³-hybridized carbons (Fsp3) is 0.462. The summed E-state index contributed by atoms with van der Waals surface area (Å²) in [5.41, 5.74) is 4.08. The maximum atomic E-state index is 12.3. The Kier molecular flexibility index (Phi) is 3.63. The summed E-state index contributed by atoms with van der Waals surface area (Å²) >= 11 is 0. The van der Waals surface area contributed by atoms with E-state index in [0.29, 0.717) is 13.0 Å². The highest BCUT2D eigenvalue weighted by molar-refractivity contribution is 5.95. The van der Waals surface area contributed by atoms with Crippen molar-refractivity contribution in [3.8, 4) is 5.75 Å². The van der Waals surface area contributed by atoms with Gasteiger partial charge in [0.1, 0.15) is 5.75 Å². The average Bonchev–Trinajstić information content (AvgIpc) is 2.38. The number of nitrogens with two attached hydrogens (primary N) is 1. The summed E-state index contributed by atoms with van der Waals surface area (Å²) in [6, 6.07) is 1.43. The zero-order valence-corrected chi connectivity index (χ0v) is 11.2. The number of likely N-dealkylation sites (tertiary alicyclic amines) is 1. The van der Waals surface area contributed by atoms with E-state index in [1.165, 1.54) is 17.2 Å². The molecule has 7 nitrogen and oxygen atoms in total. The molecule has 7 heteroatoms. The third kappa shape index (κ3) is 2.57. The second-order valence-corrected chi connectivity index (χ2v) is 5.11. The molecule has 1 aliphatic rings. The van der Waals surface area contributed by atoms with Crippen LogP contribution in [0, 0.1) is 6.92 Å². The molecule has 1 unspecified atom stereocenters. The Balaban J connectivity index is 2.23. The number of aliphatic hydroxyl groups is 1. The fourth-order valence-electron chi connectivity index (χ4n) is 2.28. The van der Waals surface area contributed by atoms with Crippen molar-refractivity contribution in [3.05, 3.63) is 23.5 Å². The van der Waals surface area contributed by atoms with Crippen LogP contribution in [0.4, 0.5) is 0 Å². The number of hydrogen-bond donors (Lipinski definition) is 3. The summed E-state index contributed by atoms with van der Waals surface area (Å²) in [4.78, 5) is 28.7. The van der Waals surface area contributed by atoms with Gasteiger partial charge >= 0.3 is 0 Å².